The molecular weight excluding hydrogens is 398 g/mol. The molecule has 3 aromatic rings. The summed E-state index contributed by atoms with van der Waals surface area (Å²) < 4.78 is 12.2. The molecule has 0 saturated carbocycles. The number of fused-ring (bicyclic) bond motifs is 1. The molecule has 3 N–H and O–H groups in total. The summed E-state index contributed by atoms with van der Waals surface area (Å²) in [7, 11) is 1.63. The molecule has 2 aromatic carbocycles. The number of rotatable bonds is 9. The summed E-state index contributed by atoms with van der Waals surface area (Å²) in [4.78, 5) is 5.58. The molecule has 0 radical (unpaired) electrons. The van der Waals surface area contributed by atoms with Crippen molar-refractivity contribution >= 4 is 27.4 Å². The van der Waals surface area contributed by atoms with Crippen molar-refractivity contribution in [3.63, 3.8) is 0 Å². The lowest BCUT2D eigenvalue weighted by Gasteiger charge is -2.15. The van der Waals surface area contributed by atoms with E-state index in [4.69, 9.17) is 9.47 Å². The molecule has 0 aliphatic heterocycles. The number of benzene rings is 2. The number of hydrogen-bond donors (Lipinski definition) is 3. The van der Waals surface area contributed by atoms with Gasteiger partial charge in [-0.1, -0.05) is 24.3 Å². The van der Waals surface area contributed by atoms with Crippen LogP contribution in [0, 0.1) is 0 Å². The van der Waals surface area contributed by atoms with Crippen LogP contribution in [0.2, 0.25) is 0 Å². The van der Waals surface area contributed by atoms with Crippen LogP contribution >= 0.6 is 11.3 Å². The fourth-order valence-electron chi connectivity index (χ4n) is 3.06. The van der Waals surface area contributed by atoms with Crippen LogP contribution in [0.15, 0.2) is 53.5 Å². The highest BCUT2D eigenvalue weighted by molar-refractivity contribution is 7.19. The smallest absolute Gasteiger partial charge is 0.191 e. The van der Waals surface area contributed by atoms with Crippen molar-refractivity contribution in [3.05, 3.63) is 59.0 Å². The Kier molecular flexibility index (Phi) is 7.93. The van der Waals surface area contributed by atoms with Crippen molar-refractivity contribution in [1.82, 2.24) is 10.6 Å². The fraction of sp³-hybridized carbons (Fsp3) is 0.348. The third kappa shape index (κ3) is 5.64. The highest BCUT2D eigenvalue weighted by atomic mass is 32.1. The maximum Gasteiger partial charge on any atom is 0.191 e. The maximum absolute atomic E-state index is 10.6. The Morgan fingerprint density at radius 3 is 2.67 bits per heavy atom. The molecule has 30 heavy (non-hydrogen) atoms. The van der Waals surface area contributed by atoms with Crippen molar-refractivity contribution < 1.29 is 14.6 Å². The van der Waals surface area contributed by atoms with Gasteiger partial charge in [0.15, 0.2) is 17.5 Å². The number of nitrogens with one attached hydrogen (secondary N) is 2. The molecule has 0 aliphatic rings. The van der Waals surface area contributed by atoms with Gasteiger partial charge in [0.25, 0.3) is 0 Å². The van der Waals surface area contributed by atoms with Gasteiger partial charge >= 0.3 is 0 Å². The van der Waals surface area contributed by atoms with Crippen LogP contribution in [0.1, 0.15) is 30.4 Å². The maximum atomic E-state index is 10.6. The lowest BCUT2D eigenvalue weighted by Crippen LogP contribution is -2.39. The summed E-state index contributed by atoms with van der Waals surface area (Å²) in [6.45, 7) is 6.13. The summed E-state index contributed by atoms with van der Waals surface area (Å²) in [5, 5.41) is 18.2. The molecule has 0 bridgehead atoms. The molecule has 0 fully saturated rings. The molecule has 1 heterocycles. The number of guanidine groups is 1. The first-order chi connectivity index (χ1) is 14.6. The fourth-order valence-corrected chi connectivity index (χ4v) is 4.11. The Morgan fingerprint density at radius 2 is 1.93 bits per heavy atom. The zero-order chi connectivity index (χ0) is 21.3. The number of hydrogen-bond acceptors (Lipinski definition) is 5. The van der Waals surface area contributed by atoms with E-state index in [9.17, 15) is 5.11 Å². The highest BCUT2D eigenvalue weighted by Crippen LogP contribution is 2.30. The van der Waals surface area contributed by atoms with Gasteiger partial charge in [-0.25, -0.2) is 4.99 Å². The van der Waals surface area contributed by atoms with Gasteiger partial charge in [-0.15, -0.1) is 11.3 Å². The van der Waals surface area contributed by atoms with E-state index >= 15 is 0 Å². The topological polar surface area (TPSA) is 75.1 Å². The predicted octanol–water partition coefficient (Wildman–Crippen LogP) is 4.10. The largest absolute Gasteiger partial charge is 0.493 e. The second-order valence-electron chi connectivity index (χ2n) is 6.70. The number of thiophene rings is 1. The van der Waals surface area contributed by atoms with E-state index in [1.54, 1.807) is 18.4 Å². The van der Waals surface area contributed by atoms with Crippen LogP contribution in [-0.4, -0.2) is 37.9 Å². The van der Waals surface area contributed by atoms with Gasteiger partial charge in [-0.3, -0.25) is 0 Å². The van der Waals surface area contributed by atoms with Crippen LogP contribution in [0.5, 0.6) is 11.5 Å². The van der Waals surface area contributed by atoms with E-state index in [0.717, 1.165) is 22.4 Å². The summed E-state index contributed by atoms with van der Waals surface area (Å²) >= 11 is 1.61. The van der Waals surface area contributed by atoms with Gasteiger partial charge in [0.2, 0.25) is 0 Å². The number of methoxy groups -OCH3 is 1. The molecule has 1 unspecified atom stereocenters. The van der Waals surface area contributed by atoms with Gasteiger partial charge in [0, 0.05) is 22.7 Å². The summed E-state index contributed by atoms with van der Waals surface area (Å²) in [5.74, 6) is 2.08. The molecule has 0 amide bonds. The van der Waals surface area contributed by atoms with E-state index in [2.05, 4.69) is 27.8 Å². The Balaban J connectivity index is 1.64. The van der Waals surface area contributed by atoms with Crippen LogP contribution in [0.4, 0.5) is 0 Å². The van der Waals surface area contributed by atoms with Crippen molar-refractivity contribution in [2.45, 2.75) is 26.5 Å². The van der Waals surface area contributed by atoms with Crippen molar-refractivity contribution in [2.24, 2.45) is 4.99 Å². The number of aliphatic imine (C=N–C) groups is 1. The van der Waals surface area contributed by atoms with Gasteiger partial charge in [0.1, 0.15) is 6.10 Å². The number of aliphatic hydroxyl groups excluding tert-OH is 1. The monoisotopic (exact) mass is 427 g/mol. The third-order valence-corrected chi connectivity index (χ3v) is 5.75. The zero-order valence-corrected chi connectivity index (χ0v) is 18.5. The second kappa shape index (κ2) is 10.8. The lowest BCUT2D eigenvalue weighted by molar-refractivity contribution is 0.184. The van der Waals surface area contributed by atoms with E-state index in [-0.39, 0.29) is 0 Å². The van der Waals surface area contributed by atoms with Crippen molar-refractivity contribution in [3.8, 4) is 11.5 Å². The Hall–Kier alpha value is -2.77. The molecule has 0 aliphatic carbocycles. The van der Waals surface area contributed by atoms with Gasteiger partial charge in [0.05, 0.1) is 20.3 Å². The standard InChI is InChI=1S/C23H29N3O3S/c1-4-24-23(25-14-16-10-11-19(28-3)20(12-16)29-5-2)26-15-18(27)22-13-17-8-6-7-9-21(17)30-22/h6-13,18,27H,4-5,14-15H2,1-3H3,(H2,24,25,26). The molecule has 0 spiro atoms. The number of aliphatic hydroxyl groups is 1. The molecule has 7 heteroatoms. The molecule has 160 valence electrons. The quantitative estimate of drug-likeness (QED) is 0.354. The number of nitrogens with zero attached hydrogens (tertiary/aromatic N) is 1. The minimum Gasteiger partial charge on any atom is -0.493 e. The molecule has 1 aromatic heterocycles. The van der Waals surface area contributed by atoms with E-state index in [0.29, 0.717) is 37.2 Å². The first kappa shape index (κ1) is 21.9. The minimum atomic E-state index is -0.600. The number of ether oxygens (including phenoxy) is 2. The summed E-state index contributed by atoms with van der Waals surface area (Å²) in [6, 6.07) is 16.0. The van der Waals surface area contributed by atoms with Crippen LogP contribution in [-0.2, 0) is 6.54 Å². The second-order valence-corrected chi connectivity index (χ2v) is 7.81. The van der Waals surface area contributed by atoms with Crippen LogP contribution in [0.25, 0.3) is 10.1 Å². The van der Waals surface area contributed by atoms with E-state index in [1.807, 2.05) is 50.2 Å². The van der Waals surface area contributed by atoms with Crippen LogP contribution < -0.4 is 20.1 Å². The van der Waals surface area contributed by atoms with E-state index < -0.39 is 6.10 Å². The SMILES string of the molecule is CCNC(=NCc1ccc(OC)c(OCC)c1)NCC(O)c1cc2ccccc2s1. The summed E-state index contributed by atoms with van der Waals surface area (Å²) in [6.07, 6.45) is -0.600. The van der Waals surface area contributed by atoms with Gasteiger partial charge in [-0.05, 0) is 49.1 Å². The highest BCUT2D eigenvalue weighted by Gasteiger charge is 2.12. The lowest BCUT2D eigenvalue weighted by atomic mass is 10.2. The average molecular weight is 428 g/mol. The average Bonchev–Trinajstić information content (AvgIpc) is 3.20. The molecule has 0 saturated heterocycles. The Labute approximate surface area is 181 Å². The van der Waals surface area contributed by atoms with Gasteiger partial charge < -0.3 is 25.2 Å². The Bertz CT molecular complexity index is 954. The first-order valence-electron chi connectivity index (χ1n) is 10.1. The third-order valence-electron chi connectivity index (χ3n) is 4.53. The zero-order valence-electron chi connectivity index (χ0n) is 17.6. The first-order valence-corrected chi connectivity index (χ1v) is 10.9. The molecule has 6 nitrogen and oxygen atoms in total. The molecular formula is C23H29N3O3S. The normalized spacial score (nSPS) is 12.6. The summed E-state index contributed by atoms with van der Waals surface area (Å²) in [5.41, 5.74) is 1.02. The molecule has 1 atom stereocenters. The van der Waals surface area contributed by atoms with Crippen LogP contribution in [0.3, 0.4) is 0 Å². The molecule has 3 rings (SSSR count). The van der Waals surface area contributed by atoms with E-state index in [1.165, 1.54) is 4.70 Å². The Morgan fingerprint density at radius 1 is 1.10 bits per heavy atom. The van der Waals surface area contributed by atoms with Gasteiger partial charge in [-0.2, -0.15) is 0 Å². The van der Waals surface area contributed by atoms with Crippen molar-refractivity contribution in [1.29, 1.82) is 0 Å². The minimum absolute atomic E-state index is 0.380. The predicted molar refractivity (Wildman–Crippen MR) is 124 cm³/mol. The van der Waals surface area contributed by atoms with Crippen molar-refractivity contribution in [2.75, 3.05) is 26.8 Å².